The third kappa shape index (κ3) is 5.20. The van der Waals surface area contributed by atoms with Gasteiger partial charge >= 0.3 is 12.2 Å². The number of rotatable bonds is 6. The molecule has 3 rings (SSSR count). The van der Waals surface area contributed by atoms with Crippen molar-refractivity contribution in [1.29, 1.82) is 0 Å². The van der Waals surface area contributed by atoms with Crippen LogP contribution in [0.2, 0.25) is 0 Å². The van der Waals surface area contributed by atoms with Crippen LogP contribution in [0, 0.1) is 0 Å². The Morgan fingerprint density at radius 2 is 1.77 bits per heavy atom. The number of anilines is 3. The van der Waals surface area contributed by atoms with Gasteiger partial charge < -0.3 is 16.1 Å². The molecule has 0 saturated carbocycles. The van der Waals surface area contributed by atoms with E-state index in [-0.39, 0.29) is 5.69 Å². The second kappa shape index (κ2) is 9.04. The molecule has 30 heavy (non-hydrogen) atoms. The van der Waals surface area contributed by atoms with E-state index in [2.05, 4.69) is 16.1 Å². The van der Waals surface area contributed by atoms with Crippen molar-refractivity contribution in [2.45, 2.75) is 19.0 Å². The Hall–Kier alpha value is -3.27. The average Bonchev–Trinajstić information content (AvgIpc) is 3.07. The Morgan fingerprint density at radius 1 is 1.07 bits per heavy atom. The molecule has 1 aliphatic rings. The fourth-order valence-electron chi connectivity index (χ4n) is 2.97. The third-order valence-electron chi connectivity index (χ3n) is 4.36. The van der Waals surface area contributed by atoms with Gasteiger partial charge in [-0.25, -0.2) is 4.79 Å². The predicted molar refractivity (Wildman–Crippen MR) is 107 cm³/mol. The monoisotopic (exact) mass is 423 g/mol. The number of nitrogens with one attached hydrogen (secondary N) is 3. The van der Waals surface area contributed by atoms with Crippen molar-refractivity contribution in [3.63, 3.8) is 0 Å². The number of carbonyl (C=O) groups is 1. The number of urea groups is 1. The number of amides is 2. The lowest BCUT2D eigenvalue weighted by atomic mass is 10.1. The van der Waals surface area contributed by atoms with Crippen molar-refractivity contribution in [2.24, 2.45) is 0 Å². The molecular formula is C20H21F4N5O. The molecule has 0 saturated heterocycles. The zero-order valence-electron chi connectivity index (χ0n) is 16.1. The van der Waals surface area contributed by atoms with E-state index < -0.39 is 24.4 Å². The standard InChI is InChI=1S/C20H21F4N5O/c1-28-27-15(5-4-12-21)13-29(28)16-10-8-14(9-11-16)25-19(30)26-18-7-3-2-6-17(18)20(22,23)24/h2-3,6-11,13,27H,4-5,12H2,1H3,(H2,25,26,30). The third-order valence-corrected chi connectivity index (χ3v) is 4.36. The second-order valence-electron chi connectivity index (χ2n) is 6.60. The van der Waals surface area contributed by atoms with E-state index in [4.69, 9.17) is 0 Å². The van der Waals surface area contributed by atoms with Crippen LogP contribution < -0.4 is 21.1 Å². The van der Waals surface area contributed by atoms with Crippen LogP contribution in [-0.4, -0.2) is 24.9 Å². The molecule has 0 fully saturated rings. The SMILES string of the molecule is CN1NC(CCCF)=CN1c1ccc(NC(=O)Nc2ccccc2C(F)(F)F)cc1. The van der Waals surface area contributed by atoms with Crippen molar-refractivity contribution < 1.29 is 22.4 Å². The van der Waals surface area contributed by atoms with Crippen LogP contribution in [-0.2, 0) is 6.18 Å². The summed E-state index contributed by atoms with van der Waals surface area (Å²) in [7, 11) is 1.80. The van der Waals surface area contributed by atoms with Crippen molar-refractivity contribution in [2.75, 3.05) is 29.4 Å². The topological polar surface area (TPSA) is 59.6 Å². The Balaban J connectivity index is 1.64. The fraction of sp³-hybridized carbons (Fsp3) is 0.250. The molecule has 2 aromatic carbocycles. The van der Waals surface area contributed by atoms with Crippen molar-refractivity contribution >= 4 is 23.1 Å². The largest absolute Gasteiger partial charge is 0.418 e. The molecule has 1 aliphatic heterocycles. The van der Waals surface area contributed by atoms with E-state index in [0.717, 1.165) is 17.5 Å². The predicted octanol–water partition coefficient (Wildman–Crippen LogP) is 5.11. The number of carbonyl (C=O) groups excluding carboxylic acids is 1. The zero-order valence-corrected chi connectivity index (χ0v) is 16.1. The summed E-state index contributed by atoms with van der Waals surface area (Å²) in [5.74, 6) is 0. The van der Waals surface area contributed by atoms with E-state index in [0.29, 0.717) is 18.5 Å². The lowest BCUT2D eigenvalue weighted by molar-refractivity contribution is -0.136. The second-order valence-corrected chi connectivity index (χ2v) is 6.60. The summed E-state index contributed by atoms with van der Waals surface area (Å²) in [4.78, 5) is 12.1. The van der Waals surface area contributed by atoms with Gasteiger partial charge in [0.1, 0.15) is 0 Å². The van der Waals surface area contributed by atoms with E-state index in [1.54, 1.807) is 36.4 Å². The number of allylic oxidation sites excluding steroid dienone is 1. The van der Waals surface area contributed by atoms with Gasteiger partial charge in [-0.15, -0.1) is 5.12 Å². The van der Waals surface area contributed by atoms with Gasteiger partial charge in [-0.3, -0.25) is 9.40 Å². The van der Waals surface area contributed by atoms with Gasteiger partial charge in [0.2, 0.25) is 0 Å². The molecule has 160 valence electrons. The molecule has 1 heterocycles. The molecule has 0 spiro atoms. The van der Waals surface area contributed by atoms with Crippen molar-refractivity contribution in [1.82, 2.24) is 10.5 Å². The number of para-hydroxylation sites is 1. The Bertz CT molecular complexity index is 914. The minimum Gasteiger partial charge on any atom is -0.308 e. The Morgan fingerprint density at radius 3 is 2.43 bits per heavy atom. The first-order chi connectivity index (χ1) is 14.3. The Labute approximate surface area is 171 Å². The highest BCUT2D eigenvalue weighted by Gasteiger charge is 2.33. The van der Waals surface area contributed by atoms with Gasteiger partial charge in [-0.2, -0.15) is 13.2 Å². The Kier molecular flexibility index (Phi) is 6.46. The first kappa shape index (κ1) is 21.4. The molecule has 0 unspecified atom stereocenters. The summed E-state index contributed by atoms with van der Waals surface area (Å²) in [5, 5.41) is 8.29. The number of hydrazine groups is 2. The molecular weight excluding hydrogens is 402 g/mol. The van der Waals surface area contributed by atoms with Crippen LogP contribution in [0.3, 0.4) is 0 Å². The summed E-state index contributed by atoms with van der Waals surface area (Å²) < 4.78 is 51.5. The molecule has 0 atom stereocenters. The normalized spacial score (nSPS) is 14.3. The molecule has 2 amide bonds. The van der Waals surface area contributed by atoms with E-state index >= 15 is 0 Å². The lowest BCUT2D eigenvalue weighted by Crippen LogP contribution is -2.38. The van der Waals surface area contributed by atoms with E-state index in [9.17, 15) is 22.4 Å². The van der Waals surface area contributed by atoms with Crippen molar-refractivity contribution in [3.8, 4) is 0 Å². The van der Waals surface area contributed by atoms with Gasteiger partial charge in [-0.1, -0.05) is 12.1 Å². The number of halogens is 4. The minimum absolute atomic E-state index is 0.324. The summed E-state index contributed by atoms with van der Waals surface area (Å²) in [6.45, 7) is -0.390. The smallest absolute Gasteiger partial charge is 0.308 e. The molecule has 3 N–H and O–H groups in total. The number of alkyl halides is 4. The van der Waals surface area contributed by atoms with Crippen LogP contribution >= 0.6 is 0 Å². The average molecular weight is 423 g/mol. The van der Waals surface area contributed by atoms with Gasteiger partial charge in [0, 0.05) is 24.6 Å². The van der Waals surface area contributed by atoms with E-state index in [1.807, 2.05) is 11.2 Å². The number of nitrogens with zero attached hydrogens (tertiary/aromatic N) is 2. The van der Waals surface area contributed by atoms with Gasteiger partial charge in [0.15, 0.2) is 0 Å². The first-order valence-electron chi connectivity index (χ1n) is 9.18. The van der Waals surface area contributed by atoms with Gasteiger partial charge in [-0.05, 0) is 49.2 Å². The number of hydrogen-bond acceptors (Lipinski definition) is 4. The summed E-state index contributed by atoms with van der Waals surface area (Å²) in [6.07, 6.45) is -1.72. The highest BCUT2D eigenvalue weighted by atomic mass is 19.4. The van der Waals surface area contributed by atoms with Crippen LogP contribution in [0.25, 0.3) is 0 Å². The van der Waals surface area contributed by atoms with Crippen LogP contribution in [0.1, 0.15) is 18.4 Å². The maximum Gasteiger partial charge on any atom is 0.418 e. The number of benzene rings is 2. The first-order valence-corrected chi connectivity index (χ1v) is 9.18. The maximum absolute atomic E-state index is 13.0. The molecule has 0 radical (unpaired) electrons. The molecule has 2 aromatic rings. The summed E-state index contributed by atoms with van der Waals surface area (Å²) in [6, 6.07) is 10.7. The van der Waals surface area contributed by atoms with Crippen LogP contribution in [0.15, 0.2) is 60.4 Å². The van der Waals surface area contributed by atoms with Crippen molar-refractivity contribution in [3.05, 3.63) is 66.0 Å². The van der Waals surface area contributed by atoms with Gasteiger partial charge in [0.25, 0.3) is 0 Å². The highest BCUT2D eigenvalue weighted by molar-refractivity contribution is 6.00. The molecule has 0 aliphatic carbocycles. The van der Waals surface area contributed by atoms with Crippen LogP contribution in [0.4, 0.5) is 39.4 Å². The highest BCUT2D eigenvalue weighted by Crippen LogP contribution is 2.34. The lowest BCUT2D eigenvalue weighted by Gasteiger charge is -2.24. The minimum atomic E-state index is -4.57. The zero-order chi connectivity index (χ0) is 21.7. The number of hydrogen-bond donors (Lipinski definition) is 3. The maximum atomic E-state index is 13.0. The van der Waals surface area contributed by atoms with Crippen LogP contribution in [0.5, 0.6) is 0 Å². The van der Waals surface area contributed by atoms with E-state index in [1.165, 1.54) is 18.2 Å². The molecule has 6 nitrogen and oxygen atoms in total. The molecule has 0 aromatic heterocycles. The van der Waals surface area contributed by atoms with Gasteiger partial charge in [0.05, 0.1) is 23.6 Å². The molecule has 0 bridgehead atoms. The summed E-state index contributed by atoms with van der Waals surface area (Å²) in [5.41, 5.74) is 3.94. The molecule has 10 heteroatoms. The summed E-state index contributed by atoms with van der Waals surface area (Å²) >= 11 is 0. The quantitative estimate of drug-likeness (QED) is 0.565. The fourth-order valence-corrected chi connectivity index (χ4v) is 2.97.